The molecule has 6 heteroatoms. The average molecular weight is 260 g/mol. The van der Waals surface area contributed by atoms with Gasteiger partial charge in [-0.15, -0.1) is 0 Å². The molecule has 0 aromatic rings. The monoisotopic (exact) mass is 260 g/mol. The molecule has 0 unspecified atom stereocenters. The summed E-state index contributed by atoms with van der Waals surface area (Å²) in [6.45, 7) is 1.59. The molecule has 0 aromatic carbocycles. The fourth-order valence-corrected chi connectivity index (χ4v) is 1.42. The lowest BCUT2D eigenvalue weighted by atomic mass is 10.2. The molecule has 0 spiro atoms. The Morgan fingerprint density at radius 2 is 1.17 bits per heavy atom. The predicted molar refractivity (Wildman–Crippen MR) is 68.2 cm³/mol. The molecule has 106 valence electrons. The molecule has 0 bridgehead atoms. The molecule has 0 saturated carbocycles. The molecule has 0 saturated heterocycles. The van der Waals surface area contributed by atoms with Crippen molar-refractivity contribution in [2.75, 3.05) is 40.5 Å². The summed E-state index contributed by atoms with van der Waals surface area (Å²) in [7, 11) is 2.99. The first kappa shape index (κ1) is 16.9. The Bertz CT molecular complexity index is 210. The average Bonchev–Trinajstić information content (AvgIpc) is 2.33. The highest BCUT2D eigenvalue weighted by Crippen LogP contribution is 1.97. The van der Waals surface area contributed by atoms with E-state index in [9.17, 15) is 9.59 Å². The zero-order valence-electron chi connectivity index (χ0n) is 11.3. The van der Waals surface area contributed by atoms with E-state index in [0.29, 0.717) is 13.1 Å². The van der Waals surface area contributed by atoms with Crippen LogP contribution >= 0.6 is 0 Å². The van der Waals surface area contributed by atoms with E-state index in [0.717, 1.165) is 25.7 Å². The van der Waals surface area contributed by atoms with E-state index in [2.05, 4.69) is 10.6 Å². The van der Waals surface area contributed by atoms with Crippen LogP contribution in [0.1, 0.15) is 25.7 Å². The topological polar surface area (TPSA) is 76.7 Å². The van der Waals surface area contributed by atoms with Gasteiger partial charge in [-0.3, -0.25) is 9.59 Å². The number of unbranched alkanes of at least 4 members (excludes halogenated alkanes) is 3. The summed E-state index contributed by atoms with van der Waals surface area (Å²) in [5.74, 6) is -0.159. The van der Waals surface area contributed by atoms with Crippen molar-refractivity contribution in [3.8, 4) is 0 Å². The Morgan fingerprint density at radius 3 is 1.50 bits per heavy atom. The van der Waals surface area contributed by atoms with Crippen LogP contribution < -0.4 is 10.6 Å². The Balaban J connectivity index is 3.16. The van der Waals surface area contributed by atoms with Gasteiger partial charge in [0.2, 0.25) is 11.8 Å². The molecule has 0 aliphatic rings. The van der Waals surface area contributed by atoms with Gasteiger partial charge in [0.1, 0.15) is 13.2 Å². The van der Waals surface area contributed by atoms with Crippen LogP contribution in [0.25, 0.3) is 0 Å². The Kier molecular flexibility index (Phi) is 11.5. The van der Waals surface area contributed by atoms with Gasteiger partial charge in [0, 0.05) is 27.3 Å². The zero-order valence-corrected chi connectivity index (χ0v) is 11.3. The van der Waals surface area contributed by atoms with Crippen molar-refractivity contribution in [3.63, 3.8) is 0 Å². The standard InChI is InChI=1S/C12H24N2O4/c1-17-9-11(15)13-7-5-3-4-6-8-14-12(16)10-18-2/h3-10H2,1-2H3,(H,13,15)(H,14,16). The Hall–Kier alpha value is -1.14. The van der Waals surface area contributed by atoms with Gasteiger partial charge in [-0.2, -0.15) is 0 Å². The number of carbonyl (C=O) groups excluding carboxylic acids is 2. The Labute approximate surface area is 108 Å². The molecule has 0 aliphatic heterocycles. The maximum Gasteiger partial charge on any atom is 0.245 e. The highest BCUT2D eigenvalue weighted by atomic mass is 16.5. The molecular formula is C12H24N2O4. The minimum Gasteiger partial charge on any atom is -0.375 e. The second kappa shape index (κ2) is 12.3. The smallest absolute Gasteiger partial charge is 0.245 e. The number of nitrogens with one attached hydrogen (secondary N) is 2. The number of rotatable bonds is 11. The molecule has 0 aliphatic carbocycles. The van der Waals surface area contributed by atoms with Crippen LogP contribution in [0.5, 0.6) is 0 Å². The summed E-state index contributed by atoms with van der Waals surface area (Å²) in [4.78, 5) is 22.0. The number of hydrogen-bond acceptors (Lipinski definition) is 4. The van der Waals surface area contributed by atoms with Crippen molar-refractivity contribution in [1.82, 2.24) is 10.6 Å². The van der Waals surface area contributed by atoms with E-state index in [1.54, 1.807) is 0 Å². The lowest BCUT2D eigenvalue weighted by Crippen LogP contribution is -2.28. The van der Waals surface area contributed by atoms with E-state index in [1.807, 2.05) is 0 Å². The summed E-state index contributed by atoms with van der Waals surface area (Å²) in [5, 5.41) is 5.52. The van der Waals surface area contributed by atoms with Crippen molar-refractivity contribution in [2.45, 2.75) is 25.7 Å². The minimum absolute atomic E-state index is 0.0793. The molecule has 18 heavy (non-hydrogen) atoms. The van der Waals surface area contributed by atoms with Crippen molar-refractivity contribution >= 4 is 11.8 Å². The van der Waals surface area contributed by atoms with Gasteiger partial charge in [0.05, 0.1) is 0 Å². The SMILES string of the molecule is COCC(=O)NCCCCCCNC(=O)COC. The van der Waals surface area contributed by atoms with Crippen LogP contribution in [0, 0.1) is 0 Å². The number of ether oxygens (including phenoxy) is 2. The summed E-state index contributed by atoms with van der Waals surface area (Å²) < 4.78 is 9.39. The Morgan fingerprint density at radius 1 is 0.778 bits per heavy atom. The maximum absolute atomic E-state index is 11.0. The molecule has 0 heterocycles. The molecule has 0 rings (SSSR count). The van der Waals surface area contributed by atoms with E-state index in [-0.39, 0.29) is 25.0 Å². The number of amides is 2. The highest BCUT2D eigenvalue weighted by molar-refractivity contribution is 5.77. The van der Waals surface area contributed by atoms with E-state index < -0.39 is 0 Å². The zero-order chi connectivity index (χ0) is 13.6. The summed E-state index contributed by atoms with van der Waals surface area (Å²) in [6.07, 6.45) is 3.96. The fourth-order valence-electron chi connectivity index (χ4n) is 1.42. The van der Waals surface area contributed by atoms with Gasteiger partial charge in [-0.05, 0) is 12.8 Å². The van der Waals surface area contributed by atoms with Gasteiger partial charge in [-0.1, -0.05) is 12.8 Å². The molecule has 0 aromatic heterocycles. The third-order valence-electron chi connectivity index (χ3n) is 2.30. The largest absolute Gasteiger partial charge is 0.375 e. The molecule has 2 amide bonds. The van der Waals surface area contributed by atoms with Crippen molar-refractivity contribution in [3.05, 3.63) is 0 Å². The molecule has 0 fully saturated rings. The molecule has 2 N–H and O–H groups in total. The summed E-state index contributed by atoms with van der Waals surface area (Å²) >= 11 is 0. The predicted octanol–water partition coefficient (Wildman–Crippen LogP) is 0.0720. The second-order valence-corrected chi connectivity index (χ2v) is 3.98. The van der Waals surface area contributed by atoms with Gasteiger partial charge < -0.3 is 20.1 Å². The molecule has 0 atom stereocenters. The fraction of sp³-hybridized carbons (Fsp3) is 0.833. The number of carbonyl (C=O) groups is 2. The molecule has 0 radical (unpaired) electrons. The minimum atomic E-state index is -0.0793. The van der Waals surface area contributed by atoms with Crippen molar-refractivity contribution in [1.29, 1.82) is 0 Å². The van der Waals surface area contributed by atoms with Crippen LogP contribution in [0.3, 0.4) is 0 Å². The maximum atomic E-state index is 11.0. The van der Waals surface area contributed by atoms with Crippen LogP contribution in [-0.2, 0) is 19.1 Å². The van der Waals surface area contributed by atoms with E-state index in [1.165, 1.54) is 14.2 Å². The number of hydrogen-bond donors (Lipinski definition) is 2. The van der Waals surface area contributed by atoms with Gasteiger partial charge in [-0.25, -0.2) is 0 Å². The molecular weight excluding hydrogens is 236 g/mol. The lowest BCUT2D eigenvalue weighted by molar-refractivity contribution is -0.125. The van der Waals surface area contributed by atoms with Gasteiger partial charge in [0.15, 0.2) is 0 Å². The molecule has 6 nitrogen and oxygen atoms in total. The summed E-state index contributed by atoms with van der Waals surface area (Å²) in [6, 6.07) is 0. The number of methoxy groups -OCH3 is 2. The highest BCUT2D eigenvalue weighted by Gasteiger charge is 1.99. The third-order valence-corrected chi connectivity index (χ3v) is 2.30. The first-order valence-corrected chi connectivity index (χ1v) is 6.22. The normalized spacial score (nSPS) is 10.1. The second-order valence-electron chi connectivity index (χ2n) is 3.98. The van der Waals surface area contributed by atoms with Crippen LogP contribution in [0.15, 0.2) is 0 Å². The first-order chi connectivity index (χ1) is 8.70. The van der Waals surface area contributed by atoms with Crippen LogP contribution in [0.2, 0.25) is 0 Å². The third kappa shape index (κ3) is 11.3. The van der Waals surface area contributed by atoms with Crippen LogP contribution in [-0.4, -0.2) is 52.3 Å². The summed E-state index contributed by atoms with van der Waals surface area (Å²) in [5.41, 5.74) is 0. The van der Waals surface area contributed by atoms with Crippen molar-refractivity contribution in [2.24, 2.45) is 0 Å². The first-order valence-electron chi connectivity index (χ1n) is 6.22. The van der Waals surface area contributed by atoms with Crippen LogP contribution in [0.4, 0.5) is 0 Å². The van der Waals surface area contributed by atoms with E-state index in [4.69, 9.17) is 9.47 Å². The lowest BCUT2D eigenvalue weighted by Gasteiger charge is -2.05. The van der Waals surface area contributed by atoms with Gasteiger partial charge in [0.25, 0.3) is 0 Å². The quantitative estimate of drug-likeness (QED) is 0.516. The van der Waals surface area contributed by atoms with E-state index >= 15 is 0 Å². The van der Waals surface area contributed by atoms with Crippen molar-refractivity contribution < 1.29 is 19.1 Å². The van der Waals surface area contributed by atoms with Gasteiger partial charge >= 0.3 is 0 Å².